The minimum Gasteiger partial charge on any atom is -0.317 e. The number of alkyl halides is 2. The highest BCUT2D eigenvalue weighted by Gasteiger charge is 2.40. The van der Waals surface area contributed by atoms with Crippen LogP contribution < -0.4 is 5.32 Å². The Morgan fingerprint density at radius 1 is 1.42 bits per heavy atom. The molecule has 0 radical (unpaired) electrons. The maximum Gasteiger partial charge on any atom is 0.252 e. The molecule has 1 fully saturated rings. The van der Waals surface area contributed by atoms with Gasteiger partial charge in [-0.25, -0.2) is 8.78 Å². The SMILES string of the molecule is CCNCC1CCCCC1(F)F. The lowest BCUT2D eigenvalue weighted by atomic mass is 9.85. The van der Waals surface area contributed by atoms with E-state index in [1.807, 2.05) is 6.92 Å². The Kier molecular flexibility index (Phi) is 3.44. The highest BCUT2D eigenvalue weighted by atomic mass is 19.3. The lowest BCUT2D eigenvalue weighted by Crippen LogP contribution is -2.38. The molecule has 1 atom stereocenters. The predicted octanol–water partition coefficient (Wildman–Crippen LogP) is 2.42. The normalized spacial score (nSPS) is 28.8. The van der Waals surface area contributed by atoms with Crippen molar-refractivity contribution in [1.29, 1.82) is 0 Å². The summed E-state index contributed by atoms with van der Waals surface area (Å²) in [5, 5.41) is 2.99. The predicted molar refractivity (Wildman–Crippen MR) is 45.4 cm³/mol. The van der Waals surface area contributed by atoms with E-state index in [9.17, 15) is 8.78 Å². The summed E-state index contributed by atoms with van der Waals surface area (Å²) in [6.45, 7) is 3.21. The highest BCUT2D eigenvalue weighted by molar-refractivity contribution is 4.82. The monoisotopic (exact) mass is 177 g/mol. The molecule has 1 aliphatic carbocycles. The first-order valence-corrected chi connectivity index (χ1v) is 4.75. The first kappa shape index (κ1) is 9.90. The Morgan fingerprint density at radius 2 is 2.17 bits per heavy atom. The third-order valence-electron chi connectivity index (χ3n) is 2.55. The van der Waals surface area contributed by atoms with Crippen molar-refractivity contribution < 1.29 is 8.78 Å². The minimum absolute atomic E-state index is 0.0864. The van der Waals surface area contributed by atoms with Crippen molar-refractivity contribution in [1.82, 2.24) is 5.32 Å². The third-order valence-corrected chi connectivity index (χ3v) is 2.55. The molecule has 0 aromatic rings. The molecule has 1 aliphatic rings. The fourth-order valence-corrected chi connectivity index (χ4v) is 1.74. The Bertz CT molecular complexity index is 136. The van der Waals surface area contributed by atoms with E-state index in [4.69, 9.17) is 0 Å². The van der Waals surface area contributed by atoms with E-state index in [-0.39, 0.29) is 6.42 Å². The Morgan fingerprint density at radius 3 is 2.75 bits per heavy atom. The van der Waals surface area contributed by atoms with E-state index >= 15 is 0 Å². The van der Waals surface area contributed by atoms with Gasteiger partial charge in [-0.15, -0.1) is 0 Å². The molecule has 1 nitrogen and oxygen atoms in total. The van der Waals surface area contributed by atoms with Gasteiger partial charge in [0.05, 0.1) is 0 Å². The van der Waals surface area contributed by atoms with Crippen molar-refractivity contribution in [2.45, 2.75) is 38.5 Å². The quantitative estimate of drug-likeness (QED) is 0.698. The van der Waals surface area contributed by atoms with E-state index in [0.717, 1.165) is 13.0 Å². The van der Waals surface area contributed by atoms with Gasteiger partial charge < -0.3 is 5.32 Å². The lowest BCUT2D eigenvalue weighted by molar-refractivity contribution is -0.0841. The second-order valence-electron chi connectivity index (χ2n) is 3.51. The van der Waals surface area contributed by atoms with Gasteiger partial charge in [-0.3, -0.25) is 0 Å². The number of hydrogen-bond donors (Lipinski definition) is 1. The molecule has 0 spiro atoms. The molecule has 1 saturated carbocycles. The van der Waals surface area contributed by atoms with Gasteiger partial charge in [0.2, 0.25) is 0 Å². The standard InChI is InChI=1S/C9H17F2N/c1-2-12-7-8-5-3-4-6-9(8,10)11/h8,12H,2-7H2,1H3. The molecule has 1 rings (SSSR count). The average molecular weight is 177 g/mol. The zero-order valence-corrected chi connectivity index (χ0v) is 7.58. The largest absolute Gasteiger partial charge is 0.317 e. The van der Waals surface area contributed by atoms with Gasteiger partial charge in [0, 0.05) is 18.9 Å². The van der Waals surface area contributed by atoms with Crippen LogP contribution in [0.25, 0.3) is 0 Å². The summed E-state index contributed by atoms with van der Waals surface area (Å²) in [5.41, 5.74) is 0. The van der Waals surface area contributed by atoms with E-state index in [2.05, 4.69) is 5.32 Å². The molecule has 0 aromatic heterocycles. The van der Waals surface area contributed by atoms with Crippen molar-refractivity contribution in [3.63, 3.8) is 0 Å². The topological polar surface area (TPSA) is 12.0 Å². The summed E-state index contributed by atoms with van der Waals surface area (Å²) >= 11 is 0. The van der Waals surface area contributed by atoms with Crippen molar-refractivity contribution in [3.05, 3.63) is 0 Å². The van der Waals surface area contributed by atoms with Crippen LogP contribution >= 0.6 is 0 Å². The molecular weight excluding hydrogens is 160 g/mol. The molecule has 0 heterocycles. The summed E-state index contributed by atoms with van der Waals surface area (Å²) in [5.74, 6) is -2.84. The molecule has 0 aromatic carbocycles. The van der Waals surface area contributed by atoms with Gasteiger partial charge in [0.25, 0.3) is 5.92 Å². The number of hydrogen-bond acceptors (Lipinski definition) is 1. The number of halogens is 2. The molecule has 0 bridgehead atoms. The summed E-state index contributed by atoms with van der Waals surface area (Å²) in [4.78, 5) is 0. The van der Waals surface area contributed by atoms with E-state index in [1.54, 1.807) is 0 Å². The Labute approximate surface area is 72.5 Å². The van der Waals surface area contributed by atoms with E-state index in [0.29, 0.717) is 19.4 Å². The van der Waals surface area contributed by atoms with Gasteiger partial charge in [0.1, 0.15) is 0 Å². The highest BCUT2D eigenvalue weighted by Crippen LogP contribution is 2.37. The molecule has 12 heavy (non-hydrogen) atoms. The third kappa shape index (κ3) is 2.41. The maximum atomic E-state index is 13.2. The molecular formula is C9H17F2N. The smallest absolute Gasteiger partial charge is 0.252 e. The van der Waals surface area contributed by atoms with Crippen LogP contribution in [-0.2, 0) is 0 Å². The Hall–Kier alpha value is -0.180. The van der Waals surface area contributed by atoms with Crippen LogP contribution in [0.5, 0.6) is 0 Å². The molecule has 0 amide bonds. The van der Waals surface area contributed by atoms with Crippen molar-refractivity contribution in [2.24, 2.45) is 5.92 Å². The average Bonchev–Trinajstić information content (AvgIpc) is 2.02. The number of nitrogens with one attached hydrogen (secondary N) is 1. The minimum atomic E-state index is -2.42. The number of rotatable bonds is 3. The van der Waals surface area contributed by atoms with E-state index < -0.39 is 11.8 Å². The Balaban J connectivity index is 2.37. The fraction of sp³-hybridized carbons (Fsp3) is 1.00. The van der Waals surface area contributed by atoms with Gasteiger partial charge in [-0.05, 0) is 19.4 Å². The molecule has 3 heteroatoms. The molecule has 72 valence electrons. The first-order valence-electron chi connectivity index (χ1n) is 4.75. The summed E-state index contributed by atoms with van der Waals surface area (Å²) in [7, 11) is 0. The van der Waals surface area contributed by atoms with Crippen LogP contribution in [0.15, 0.2) is 0 Å². The molecule has 1 N–H and O–H groups in total. The lowest BCUT2D eigenvalue weighted by Gasteiger charge is -2.31. The summed E-state index contributed by atoms with van der Waals surface area (Å²) in [6.07, 6.45) is 2.42. The van der Waals surface area contributed by atoms with Crippen LogP contribution in [0.3, 0.4) is 0 Å². The maximum absolute atomic E-state index is 13.2. The van der Waals surface area contributed by atoms with Crippen LogP contribution in [-0.4, -0.2) is 19.0 Å². The fourth-order valence-electron chi connectivity index (χ4n) is 1.74. The van der Waals surface area contributed by atoms with Gasteiger partial charge in [0.15, 0.2) is 0 Å². The second kappa shape index (κ2) is 4.17. The molecule has 0 saturated heterocycles. The van der Waals surface area contributed by atoms with Crippen molar-refractivity contribution >= 4 is 0 Å². The van der Waals surface area contributed by atoms with Crippen molar-refractivity contribution in [2.75, 3.05) is 13.1 Å². The van der Waals surface area contributed by atoms with Gasteiger partial charge in [-0.2, -0.15) is 0 Å². The summed E-state index contributed by atoms with van der Waals surface area (Å²) in [6, 6.07) is 0. The van der Waals surface area contributed by atoms with Crippen LogP contribution in [0.1, 0.15) is 32.6 Å². The van der Waals surface area contributed by atoms with Crippen molar-refractivity contribution in [3.8, 4) is 0 Å². The molecule has 0 aliphatic heterocycles. The second-order valence-corrected chi connectivity index (χ2v) is 3.51. The van der Waals surface area contributed by atoms with Crippen LogP contribution in [0.4, 0.5) is 8.78 Å². The molecule has 1 unspecified atom stereocenters. The van der Waals surface area contributed by atoms with Crippen LogP contribution in [0, 0.1) is 5.92 Å². The van der Waals surface area contributed by atoms with Crippen LogP contribution in [0.2, 0.25) is 0 Å². The first-order chi connectivity index (χ1) is 5.67. The van der Waals surface area contributed by atoms with Gasteiger partial charge in [-0.1, -0.05) is 13.3 Å². The zero-order valence-electron chi connectivity index (χ0n) is 7.58. The van der Waals surface area contributed by atoms with E-state index in [1.165, 1.54) is 0 Å². The van der Waals surface area contributed by atoms with Gasteiger partial charge >= 0.3 is 0 Å². The zero-order chi connectivity index (χ0) is 9.03. The summed E-state index contributed by atoms with van der Waals surface area (Å²) < 4.78 is 26.3.